The van der Waals surface area contributed by atoms with Gasteiger partial charge in [-0.2, -0.15) is 0 Å². The van der Waals surface area contributed by atoms with Crippen LogP contribution in [0.25, 0.3) is 6.08 Å². The van der Waals surface area contributed by atoms with Gasteiger partial charge in [-0.3, -0.25) is 4.79 Å². The van der Waals surface area contributed by atoms with Gasteiger partial charge < -0.3 is 4.74 Å². The first-order valence-electron chi connectivity index (χ1n) is 6.05. The van der Waals surface area contributed by atoms with Crippen molar-refractivity contribution in [3.63, 3.8) is 0 Å². The molecule has 3 nitrogen and oxygen atoms in total. The lowest BCUT2D eigenvalue weighted by atomic mass is 10.2. The monoisotopic (exact) mass is 253 g/mol. The number of ether oxygens (including phenoxy) is 1. The van der Waals surface area contributed by atoms with Crippen molar-refractivity contribution in [2.45, 2.75) is 13.5 Å². The van der Waals surface area contributed by atoms with E-state index in [9.17, 15) is 4.79 Å². The van der Waals surface area contributed by atoms with Crippen molar-refractivity contribution in [3.8, 4) is 5.88 Å². The van der Waals surface area contributed by atoms with Crippen molar-refractivity contribution in [2.24, 2.45) is 0 Å². The minimum absolute atomic E-state index is 0.0180. The van der Waals surface area contributed by atoms with Gasteiger partial charge in [-0.1, -0.05) is 30.3 Å². The van der Waals surface area contributed by atoms with Gasteiger partial charge in [-0.05, 0) is 36.3 Å². The van der Waals surface area contributed by atoms with E-state index in [1.165, 1.54) is 13.0 Å². The summed E-state index contributed by atoms with van der Waals surface area (Å²) in [6.45, 7) is 2.01. The van der Waals surface area contributed by atoms with Gasteiger partial charge in [0.25, 0.3) is 0 Å². The third-order valence-electron chi connectivity index (χ3n) is 2.50. The van der Waals surface area contributed by atoms with Crippen LogP contribution in [0.15, 0.2) is 54.7 Å². The number of hydrogen-bond donors (Lipinski definition) is 0. The van der Waals surface area contributed by atoms with Crippen molar-refractivity contribution < 1.29 is 9.53 Å². The second kappa shape index (κ2) is 6.50. The number of nitrogens with zero attached hydrogens (tertiary/aromatic N) is 1. The fourth-order valence-electron chi connectivity index (χ4n) is 1.52. The summed E-state index contributed by atoms with van der Waals surface area (Å²) in [5, 5.41) is 0. The number of benzene rings is 1. The number of allylic oxidation sites excluding steroid dienone is 1. The molecule has 0 saturated carbocycles. The lowest BCUT2D eigenvalue weighted by molar-refractivity contribution is -0.112. The number of aromatic nitrogens is 1. The number of ketones is 1. The van der Waals surface area contributed by atoms with Crippen LogP contribution in [-0.4, -0.2) is 10.8 Å². The highest BCUT2D eigenvalue weighted by molar-refractivity contribution is 5.91. The highest BCUT2D eigenvalue weighted by atomic mass is 16.5. The van der Waals surface area contributed by atoms with Crippen LogP contribution in [0.4, 0.5) is 0 Å². The Kier molecular flexibility index (Phi) is 4.45. The predicted octanol–water partition coefficient (Wildman–Crippen LogP) is 3.26. The van der Waals surface area contributed by atoms with Crippen LogP contribution in [0.2, 0.25) is 0 Å². The molecule has 96 valence electrons. The van der Waals surface area contributed by atoms with Crippen molar-refractivity contribution >= 4 is 11.9 Å². The highest BCUT2D eigenvalue weighted by Gasteiger charge is 1.97. The van der Waals surface area contributed by atoms with Gasteiger partial charge in [0.05, 0.1) is 0 Å². The van der Waals surface area contributed by atoms with Crippen molar-refractivity contribution in [1.82, 2.24) is 4.98 Å². The molecular weight excluding hydrogens is 238 g/mol. The second-order valence-corrected chi connectivity index (χ2v) is 4.15. The van der Waals surface area contributed by atoms with E-state index in [4.69, 9.17) is 4.74 Å². The molecule has 0 aliphatic heterocycles. The third kappa shape index (κ3) is 4.39. The van der Waals surface area contributed by atoms with E-state index in [0.717, 1.165) is 11.1 Å². The Bertz CT molecular complexity index is 559. The summed E-state index contributed by atoms with van der Waals surface area (Å²) in [6, 6.07) is 13.6. The number of rotatable bonds is 5. The summed E-state index contributed by atoms with van der Waals surface area (Å²) in [5.74, 6) is 0.591. The molecule has 0 saturated heterocycles. The molecule has 0 radical (unpaired) electrons. The van der Waals surface area contributed by atoms with E-state index in [2.05, 4.69) is 4.98 Å². The molecule has 0 aliphatic carbocycles. The maximum Gasteiger partial charge on any atom is 0.213 e. The lowest BCUT2D eigenvalue weighted by Crippen LogP contribution is -1.96. The zero-order valence-corrected chi connectivity index (χ0v) is 10.7. The van der Waals surface area contributed by atoms with Gasteiger partial charge in [0.15, 0.2) is 5.78 Å². The number of pyridine rings is 1. The molecule has 1 aromatic heterocycles. The molecule has 19 heavy (non-hydrogen) atoms. The summed E-state index contributed by atoms with van der Waals surface area (Å²) in [5.41, 5.74) is 1.98. The van der Waals surface area contributed by atoms with Crippen LogP contribution in [0.3, 0.4) is 0 Å². The molecule has 0 bridgehead atoms. The van der Waals surface area contributed by atoms with Crippen LogP contribution in [0.1, 0.15) is 18.1 Å². The highest BCUT2D eigenvalue weighted by Crippen LogP contribution is 2.11. The van der Waals surface area contributed by atoms with E-state index in [0.29, 0.717) is 12.5 Å². The molecular formula is C16H15NO2. The molecule has 2 rings (SSSR count). The van der Waals surface area contributed by atoms with Crippen LogP contribution >= 0.6 is 0 Å². The molecule has 0 atom stereocenters. The van der Waals surface area contributed by atoms with Gasteiger partial charge in [0.2, 0.25) is 5.88 Å². The molecule has 3 heteroatoms. The summed E-state index contributed by atoms with van der Waals surface area (Å²) < 4.78 is 5.57. The zero-order valence-electron chi connectivity index (χ0n) is 10.7. The van der Waals surface area contributed by atoms with E-state index in [1.54, 1.807) is 18.3 Å². The van der Waals surface area contributed by atoms with Crippen LogP contribution < -0.4 is 4.74 Å². The van der Waals surface area contributed by atoms with Crippen molar-refractivity contribution in [2.75, 3.05) is 0 Å². The SMILES string of the molecule is CC(=O)C=Cc1ccc(OCc2ccccc2)nc1. The van der Waals surface area contributed by atoms with Gasteiger partial charge in [-0.15, -0.1) is 0 Å². The summed E-state index contributed by atoms with van der Waals surface area (Å²) in [7, 11) is 0. The Balaban J connectivity index is 1.94. The van der Waals surface area contributed by atoms with Gasteiger partial charge in [0.1, 0.15) is 6.61 Å². The normalized spacial score (nSPS) is 10.6. The zero-order chi connectivity index (χ0) is 13.5. The van der Waals surface area contributed by atoms with Crippen molar-refractivity contribution in [3.05, 3.63) is 65.9 Å². The quantitative estimate of drug-likeness (QED) is 0.768. The maximum absolute atomic E-state index is 10.8. The number of carbonyl (C=O) groups excluding carboxylic acids is 1. The molecule has 0 N–H and O–H groups in total. The van der Waals surface area contributed by atoms with Gasteiger partial charge >= 0.3 is 0 Å². The van der Waals surface area contributed by atoms with E-state index < -0.39 is 0 Å². The predicted molar refractivity (Wildman–Crippen MR) is 74.7 cm³/mol. The van der Waals surface area contributed by atoms with Crippen LogP contribution in [0, 0.1) is 0 Å². The number of hydrogen-bond acceptors (Lipinski definition) is 3. The first-order chi connectivity index (χ1) is 9.24. The minimum Gasteiger partial charge on any atom is -0.473 e. The van der Waals surface area contributed by atoms with E-state index in [1.807, 2.05) is 36.4 Å². The fraction of sp³-hybridized carbons (Fsp3) is 0.125. The minimum atomic E-state index is 0.0180. The standard InChI is InChI=1S/C16H15NO2/c1-13(18)7-8-14-9-10-16(17-11-14)19-12-15-5-3-2-4-6-15/h2-11H,12H2,1H3. The van der Waals surface area contributed by atoms with Gasteiger partial charge in [0, 0.05) is 12.3 Å². The average Bonchev–Trinajstić information content (AvgIpc) is 2.45. The molecule has 0 fully saturated rings. The smallest absolute Gasteiger partial charge is 0.213 e. The topological polar surface area (TPSA) is 39.2 Å². The number of carbonyl (C=O) groups is 1. The Morgan fingerprint density at radius 1 is 1.21 bits per heavy atom. The first-order valence-corrected chi connectivity index (χ1v) is 6.05. The largest absolute Gasteiger partial charge is 0.473 e. The maximum atomic E-state index is 10.8. The molecule has 0 aliphatic rings. The molecule has 1 aromatic carbocycles. The Labute approximate surface area is 112 Å². The molecule has 0 amide bonds. The Morgan fingerprint density at radius 2 is 2.00 bits per heavy atom. The first kappa shape index (κ1) is 13.0. The van der Waals surface area contributed by atoms with E-state index in [-0.39, 0.29) is 5.78 Å². The van der Waals surface area contributed by atoms with E-state index >= 15 is 0 Å². The van der Waals surface area contributed by atoms with Crippen LogP contribution in [0.5, 0.6) is 5.88 Å². The molecule has 0 unspecified atom stereocenters. The second-order valence-electron chi connectivity index (χ2n) is 4.15. The van der Waals surface area contributed by atoms with Gasteiger partial charge in [-0.25, -0.2) is 4.98 Å². The lowest BCUT2D eigenvalue weighted by Gasteiger charge is -2.05. The molecule has 0 spiro atoms. The third-order valence-corrected chi connectivity index (χ3v) is 2.50. The molecule has 1 heterocycles. The Hall–Kier alpha value is -2.42. The van der Waals surface area contributed by atoms with Crippen molar-refractivity contribution in [1.29, 1.82) is 0 Å². The summed E-state index contributed by atoms with van der Waals surface area (Å²) in [6.07, 6.45) is 4.93. The summed E-state index contributed by atoms with van der Waals surface area (Å²) >= 11 is 0. The molecule has 2 aromatic rings. The van der Waals surface area contributed by atoms with Crippen LogP contribution in [-0.2, 0) is 11.4 Å². The Morgan fingerprint density at radius 3 is 2.63 bits per heavy atom. The fourth-order valence-corrected chi connectivity index (χ4v) is 1.52. The summed E-state index contributed by atoms with van der Waals surface area (Å²) in [4.78, 5) is 15.0. The average molecular weight is 253 g/mol.